The SMILES string of the molecule is CCOc1cc(C(=O)Nc2ccc3oc(C)nc3c2)ccc1OC. The summed E-state index contributed by atoms with van der Waals surface area (Å²) in [5.41, 5.74) is 2.52. The average molecular weight is 326 g/mol. The van der Waals surface area contributed by atoms with Crippen molar-refractivity contribution in [2.45, 2.75) is 13.8 Å². The van der Waals surface area contributed by atoms with Crippen molar-refractivity contribution in [1.82, 2.24) is 4.98 Å². The smallest absolute Gasteiger partial charge is 0.255 e. The topological polar surface area (TPSA) is 73.6 Å². The van der Waals surface area contributed by atoms with Crippen LogP contribution < -0.4 is 14.8 Å². The van der Waals surface area contributed by atoms with Gasteiger partial charge in [-0.25, -0.2) is 4.98 Å². The second-order valence-corrected chi connectivity index (χ2v) is 5.17. The van der Waals surface area contributed by atoms with Crippen LogP contribution in [0.15, 0.2) is 40.8 Å². The molecule has 0 radical (unpaired) electrons. The monoisotopic (exact) mass is 326 g/mol. The Balaban J connectivity index is 1.83. The number of benzene rings is 2. The van der Waals surface area contributed by atoms with Crippen LogP contribution in [0.4, 0.5) is 5.69 Å². The number of hydrogen-bond acceptors (Lipinski definition) is 5. The first-order chi connectivity index (χ1) is 11.6. The lowest BCUT2D eigenvalue weighted by atomic mass is 10.1. The molecule has 0 saturated heterocycles. The molecule has 0 unspecified atom stereocenters. The van der Waals surface area contributed by atoms with Crippen LogP contribution in [0.1, 0.15) is 23.2 Å². The number of carbonyl (C=O) groups is 1. The second-order valence-electron chi connectivity index (χ2n) is 5.17. The van der Waals surface area contributed by atoms with Gasteiger partial charge in [0, 0.05) is 18.2 Å². The number of nitrogens with zero attached hydrogens (tertiary/aromatic N) is 1. The number of amides is 1. The van der Waals surface area contributed by atoms with E-state index >= 15 is 0 Å². The van der Waals surface area contributed by atoms with Gasteiger partial charge in [-0.05, 0) is 43.3 Å². The van der Waals surface area contributed by atoms with Gasteiger partial charge in [-0.3, -0.25) is 4.79 Å². The van der Waals surface area contributed by atoms with Crippen molar-refractivity contribution in [2.24, 2.45) is 0 Å². The lowest BCUT2D eigenvalue weighted by Crippen LogP contribution is -2.12. The fourth-order valence-electron chi connectivity index (χ4n) is 2.41. The summed E-state index contributed by atoms with van der Waals surface area (Å²) in [6.45, 7) is 4.15. The van der Waals surface area contributed by atoms with Gasteiger partial charge in [-0.1, -0.05) is 0 Å². The van der Waals surface area contributed by atoms with Gasteiger partial charge in [0.2, 0.25) is 0 Å². The molecule has 0 saturated carbocycles. The van der Waals surface area contributed by atoms with Crippen molar-refractivity contribution in [3.05, 3.63) is 47.9 Å². The highest BCUT2D eigenvalue weighted by atomic mass is 16.5. The molecule has 24 heavy (non-hydrogen) atoms. The molecular weight excluding hydrogens is 308 g/mol. The number of nitrogens with one attached hydrogen (secondary N) is 1. The van der Waals surface area contributed by atoms with Crippen molar-refractivity contribution in [1.29, 1.82) is 0 Å². The Morgan fingerprint density at radius 1 is 1.21 bits per heavy atom. The molecule has 1 aromatic heterocycles. The zero-order valence-electron chi connectivity index (χ0n) is 13.8. The van der Waals surface area contributed by atoms with E-state index in [2.05, 4.69) is 10.3 Å². The van der Waals surface area contributed by atoms with E-state index in [1.807, 2.05) is 6.92 Å². The maximum Gasteiger partial charge on any atom is 0.255 e. The Kier molecular flexibility index (Phi) is 4.37. The van der Waals surface area contributed by atoms with Gasteiger partial charge in [0.25, 0.3) is 5.91 Å². The summed E-state index contributed by atoms with van der Waals surface area (Å²) in [7, 11) is 1.56. The molecule has 1 N–H and O–H groups in total. The van der Waals surface area contributed by atoms with Crippen LogP contribution in [0.5, 0.6) is 11.5 Å². The second kappa shape index (κ2) is 6.62. The number of aromatic nitrogens is 1. The number of hydrogen-bond donors (Lipinski definition) is 1. The molecule has 6 heteroatoms. The van der Waals surface area contributed by atoms with Crippen molar-refractivity contribution in [2.75, 3.05) is 19.0 Å². The minimum Gasteiger partial charge on any atom is -0.493 e. The highest BCUT2D eigenvalue weighted by Crippen LogP contribution is 2.28. The lowest BCUT2D eigenvalue weighted by molar-refractivity contribution is 0.102. The summed E-state index contributed by atoms with van der Waals surface area (Å²) < 4.78 is 16.2. The van der Waals surface area contributed by atoms with E-state index in [1.165, 1.54) is 0 Å². The number of carbonyl (C=O) groups excluding carboxylic acids is 1. The molecule has 2 aromatic carbocycles. The fourth-order valence-corrected chi connectivity index (χ4v) is 2.41. The van der Waals surface area contributed by atoms with Gasteiger partial charge in [-0.15, -0.1) is 0 Å². The summed E-state index contributed by atoms with van der Waals surface area (Å²) in [5, 5.41) is 2.85. The third kappa shape index (κ3) is 3.17. The van der Waals surface area contributed by atoms with Crippen LogP contribution in [-0.4, -0.2) is 24.6 Å². The molecule has 3 aromatic rings. The third-order valence-electron chi connectivity index (χ3n) is 3.48. The Labute approximate surface area is 139 Å². The number of rotatable bonds is 5. The van der Waals surface area contributed by atoms with Gasteiger partial charge in [0.15, 0.2) is 23.0 Å². The molecule has 1 amide bonds. The highest BCUT2D eigenvalue weighted by molar-refractivity contribution is 6.05. The Bertz CT molecular complexity index is 886. The molecule has 0 aliphatic carbocycles. The number of ether oxygens (including phenoxy) is 2. The first-order valence-corrected chi connectivity index (χ1v) is 7.60. The molecule has 3 rings (SSSR count). The predicted molar refractivity (Wildman–Crippen MR) is 90.9 cm³/mol. The quantitative estimate of drug-likeness (QED) is 0.772. The molecule has 6 nitrogen and oxygen atoms in total. The number of methoxy groups -OCH3 is 1. The van der Waals surface area contributed by atoms with E-state index in [0.29, 0.717) is 46.3 Å². The van der Waals surface area contributed by atoms with Gasteiger partial charge in [-0.2, -0.15) is 0 Å². The summed E-state index contributed by atoms with van der Waals surface area (Å²) in [6.07, 6.45) is 0. The number of anilines is 1. The molecular formula is C18H18N2O4. The number of aryl methyl sites for hydroxylation is 1. The van der Waals surface area contributed by atoms with E-state index in [4.69, 9.17) is 13.9 Å². The zero-order chi connectivity index (χ0) is 17.1. The van der Waals surface area contributed by atoms with Crippen molar-refractivity contribution in [3.63, 3.8) is 0 Å². The van der Waals surface area contributed by atoms with Crippen LogP contribution in [0.3, 0.4) is 0 Å². The van der Waals surface area contributed by atoms with Crippen LogP contribution in [0.2, 0.25) is 0 Å². The Morgan fingerprint density at radius 3 is 2.79 bits per heavy atom. The maximum atomic E-state index is 12.5. The van der Waals surface area contributed by atoms with Crippen molar-refractivity contribution >= 4 is 22.7 Å². The van der Waals surface area contributed by atoms with Crippen LogP contribution in [0.25, 0.3) is 11.1 Å². The van der Waals surface area contributed by atoms with Crippen LogP contribution in [-0.2, 0) is 0 Å². The zero-order valence-corrected chi connectivity index (χ0v) is 13.8. The molecule has 0 aliphatic heterocycles. The first kappa shape index (κ1) is 15.9. The average Bonchev–Trinajstić information content (AvgIpc) is 2.94. The van der Waals surface area contributed by atoms with E-state index in [9.17, 15) is 4.79 Å². The predicted octanol–water partition coefficient (Wildman–Crippen LogP) is 3.80. The number of fused-ring (bicyclic) bond motifs is 1. The molecule has 0 atom stereocenters. The van der Waals surface area contributed by atoms with E-state index in [0.717, 1.165) is 0 Å². The van der Waals surface area contributed by atoms with Crippen molar-refractivity contribution in [3.8, 4) is 11.5 Å². The van der Waals surface area contributed by atoms with Gasteiger partial charge in [0.05, 0.1) is 13.7 Å². The van der Waals surface area contributed by atoms with Gasteiger partial charge < -0.3 is 19.2 Å². The lowest BCUT2D eigenvalue weighted by Gasteiger charge is -2.11. The summed E-state index contributed by atoms with van der Waals surface area (Å²) >= 11 is 0. The van der Waals surface area contributed by atoms with E-state index in [1.54, 1.807) is 50.4 Å². The maximum absolute atomic E-state index is 12.5. The molecule has 1 heterocycles. The van der Waals surface area contributed by atoms with Crippen molar-refractivity contribution < 1.29 is 18.7 Å². The molecule has 0 bridgehead atoms. The normalized spacial score (nSPS) is 10.6. The minimum absolute atomic E-state index is 0.238. The molecule has 124 valence electrons. The van der Waals surface area contributed by atoms with E-state index in [-0.39, 0.29) is 5.91 Å². The highest BCUT2D eigenvalue weighted by Gasteiger charge is 2.12. The van der Waals surface area contributed by atoms with Crippen LogP contribution >= 0.6 is 0 Å². The fraction of sp³-hybridized carbons (Fsp3) is 0.222. The summed E-state index contributed by atoms with van der Waals surface area (Å²) in [5.74, 6) is 1.48. The summed E-state index contributed by atoms with van der Waals surface area (Å²) in [4.78, 5) is 16.7. The Hall–Kier alpha value is -3.02. The molecule has 0 fully saturated rings. The molecule has 0 aliphatic rings. The van der Waals surface area contributed by atoms with Gasteiger partial charge in [0.1, 0.15) is 5.52 Å². The number of oxazole rings is 1. The Morgan fingerprint density at radius 2 is 2.04 bits per heavy atom. The summed E-state index contributed by atoms with van der Waals surface area (Å²) in [6, 6.07) is 10.4. The largest absolute Gasteiger partial charge is 0.493 e. The van der Waals surface area contributed by atoms with Crippen LogP contribution in [0, 0.1) is 6.92 Å². The van der Waals surface area contributed by atoms with E-state index < -0.39 is 0 Å². The molecule has 0 spiro atoms. The first-order valence-electron chi connectivity index (χ1n) is 7.60. The third-order valence-corrected chi connectivity index (χ3v) is 3.48. The standard InChI is InChI=1S/C18H18N2O4/c1-4-23-17-9-12(5-7-16(17)22-3)18(21)20-13-6-8-15-14(10-13)19-11(2)24-15/h5-10H,4H2,1-3H3,(H,20,21). The minimum atomic E-state index is -0.238. The van der Waals surface area contributed by atoms with Gasteiger partial charge >= 0.3 is 0 Å².